The van der Waals surface area contributed by atoms with Crippen LogP contribution in [0.25, 0.3) is 0 Å². The lowest BCUT2D eigenvalue weighted by molar-refractivity contribution is 0.171. The van der Waals surface area contributed by atoms with Gasteiger partial charge in [-0.3, -0.25) is 0 Å². The SMILES string of the molecule is NCCC(c1ccc(F)cc1)c1ccc2c(c1)OCCO2. The molecule has 0 amide bonds. The lowest BCUT2D eigenvalue weighted by Gasteiger charge is -2.22. The normalized spacial score (nSPS) is 14.8. The molecule has 21 heavy (non-hydrogen) atoms. The number of fused-ring (bicyclic) bond motifs is 1. The first-order chi connectivity index (χ1) is 10.3. The summed E-state index contributed by atoms with van der Waals surface area (Å²) in [7, 11) is 0. The molecule has 2 aromatic rings. The molecule has 3 nitrogen and oxygen atoms in total. The molecule has 1 unspecified atom stereocenters. The third kappa shape index (κ3) is 3.00. The Morgan fingerprint density at radius 3 is 2.33 bits per heavy atom. The second kappa shape index (κ2) is 6.14. The predicted octanol–water partition coefficient (Wildman–Crippen LogP) is 3.08. The highest BCUT2D eigenvalue weighted by molar-refractivity contribution is 5.46. The van der Waals surface area contributed by atoms with Crippen molar-refractivity contribution in [2.45, 2.75) is 12.3 Å². The number of benzene rings is 2. The molecule has 1 atom stereocenters. The van der Waals surface area contributed by atoms with Gasteiger partial charge >= 0.3 is 0 Å². The molecule has 0 saturated carbocycles. The van der Waals surface area contributed by atoms with Gasteiger partial charge in [-0.1, -0.05) is 18.2 Å². The Balaban J connectivity index is 1.95. The summed E-state index contributed by atoms with van der Waals surface area (Å²) in [5, 5.41) is 0. The van der Waals surface area contributed by atoms with Gasteiger partial charge in [0.2, 0.25) is 0 Å². The van der Waals surface area contributed by atoms with Gasteiger partial charge in [0, 0.05) is 5.92 Å². The molecule has 0 radical (unpaired) electrons. The molecule has 0 aromatic heterocycles. The van der Waals surface area contributed by atoms with Crippen molar-refractivity contribution in [1.29, 1.82) is 0 Å². The van der Waals surface area contributed by atoms with E-state index >= 15 is 0 Å². The van der Waals surface area contributed by atoms with Crippen LogP contribution < -0.4 is 15.2 Å². The number of halogens is 1. The highest BCUT2D eigenvalue weighted by atomic mass is 19.1. The van der Waals surface area contributed by atoms with Crippen molar-refractivity contribution < 1.29 is 13.9 Å². The summed E-state index contributed by atoms with van der Waals surface area (Å²) in [5.74, 6) is 1.44. The zero-order valence-electron chi connectivity index (χ0n) is 11.7. The number of rotatable bonds is 4. The Morgan fingerprint density at radius 2 is 1.62 bits per heavy atom. The molecular formula is C17H18FNO2. The number of hydrogen-bond acceptors (Lipinski definition) is 3. The molecule has 0 bridgehead atoms. The number of ether oxygens (including phenoxy) is 2. The van der Waals surface area contributed by atoms with Gasteiger partial charge in [0.1, 0.15) is 19.0 Å². The predicted molar refractivity (Wildman–Crippen MR) is 79.3 cm³/mol. The van der Waals surface area contributed by atoms with Crippen LogP contribution in [0.4, 0.5) is 4.39 Å². The molecule has 1 heterocycles. The fourth-order valence-electron chi connectivity index (χ4n) is 2.66. The zero-order chi connectivity index (χ0) is 14.7. The van der Waals surface area contributed by atoms with Crippen molar-refractivity contribution in [3.05, 3.63) is 59.4 Å². The van der Waals surface area contributed by atoms with Gasteiger partial charge in [0.15, 0.2) is 11.5 Å². The molecule has 0 fully saturated rings. The first-order valence-corrected chi connectivity index (χ1v) is 7.13. The maximum absolute atomic E-state index is 13.1. The fraction of sp³-hybridized carbons (Fsp3) is 0.294. The van der Waals surface area contributed by atoms with E-state index in [2.05, 4.69) is 0 Å². The van der Waals surface area contributed by atoms with E-state index in [4.69, 9.17) is 15.2 Å². The molecule has 2 N–H and O–H groups in total. The molecular weight excluding hydrogens is 269 g/mol. The van der Waals surface area contributed by atoms with E-state index in [-0.39, 0.29) is 11.7 Å². The van der Waals surface area contributed by atoms with Crippen LogP contribution in [0.15, 0.2) is 42.5 Å². The maximum atomic E-state index is 13.1. The molecule has 0 saturated heterocycles. The van der Waals surface area contributed by atoms with E-state index in [0.717, 1.165) is 29.0 Å². The fourth-order valence-corrected chi connectivity index (χ4v) is 2.66. The summed E-state index contributed by atoms with van der Waals surface area (Å²) in [4.78, 5) is 0. The van der Waals surface area contributed by atoms with Crippen LogP contribution in [0.2, 0.25) is 0 Å². The minimum atomic E-state index is -0.229. The van der Waals surface area contributed by atoms with Gasteiger partial charge in [-0.05, 0) is 48.4 Å². The Bertz CT molecular complexity index is 613. The van der Waals surface area contributed by atoms with Crippen molar-refractivity contribution >= 4 is 0 Å². The van der Waals surface area contributed by atoms with E-state index in [1.54, 1.807) is 0 Å². The Morgan fingerprint density at radius 1 is 0.952 bits per heavy atom. The quantitative estimate of drug-likeness (QED) is 0.940. The zero-order valence-corrected chi connectivity index (χ0v) is 11.7. The van der Waals surface area contributed by atoms with E-state index in [0.29, 0.717) is 19.8 Å². The summed E-state index contributed by atoms with van der Waals surface area (Å²) < 4.78 is 24.3. The van der Waals surface area contributed by atoms with Gasteiger partial charge in [-0.25, -0.2) is 4.39 Å². The van der Waals surface area contributed by atoms with Crippen LogP contribution >= 0.6 is 0 Å². The monoisotopic (exact) mass is 287 g/mol. The molecule has 1 aliphatic heterocycles. The smallest absolute Gasteiger partial charge is 0.161 e. The Labute approximate surface area is 123 Å². The van der Waals surface area contributed by atoms with Gasteiger partial charge in [0.25, 0.3) is 0 Å². The highest BCUT2D eigenvalue weighted by Gasteiger charge is 2.18. The summed E-state index contributed by atoms with van der Waals surface area (Å²) in [6.45, 7) is 1.71. The van der Waals surface area contributed by atoms with Crippen molar-refractivity contribution in [3.8, 4) is 11.5 Å². The molecule has 1 aliphatic rings. The molecule has 110 valence electrons. The minimum Gasteiger partial charge on any atom is -0.486 e. The first kappa shape index (κ1) is 13.9. The van der Waals surface area contributed by atoms with Crippen LogP contribution in [0.3, 0.4) is 0 Å². The van der Waals surface area contributed by atoms with Crippen molar-refractivity contribution in [3.63, 3.8) is 0 Å². The van der Waals surface area contributed by atoms with Crippen LogP contribution in [-0.2, 0) is 0 Å². The highest BCUT2D eigenvalue weighted by Crippen LogP contribution is 2.36. The average molecular weight is 287 g/mol. The van der Waals surface area contributed by atoms with Gasteiger partial charge < -0.3 is 15.2 Å². The van der Waals surface area contributed by atoms with Crippen molar-refractivity contribution in [2.24, 2.45) is 5.73 Å². The van der Waals surface area contributed by atoms with E-state index < -0.39 is 0 Å². The Hall–Kier alpha value is -2.07. The van der Waals surface area contributed by atoms with Crippen LogP contribution in [-0.4, -0.2) is 19.8 Å². The molecule has 2 aromatic carbocycles. The standard InChI is InChI=1S/C17H18FNO2/c18-14-4-1-12(2-5-14)15(7-8-19)13-3-6-16-17(11-13)21-10-9-20-16/h1-6,11,15H,7-10,19H2. The van der Waals surface area contributed by atoms with Gasteiger partial charge in [-0.15, -0.1) is 0 Å². The van der Waals surface area contributed by atoms with Crippen LogP contribution in [0.1, 0.15) is 23.5 Å². The lowest BCUT2D eigenvalue weighted by Crippen LogP contribution is -2.16. The largest absolute Gasteiger partial charge is 0.486 e. The third-order valence-corrected chi connectivity index (χ3v) is 3.70. The minimum absolute atomic E-state index is 0.131. The topological polar surface area (TPSA) is 44.5 Å². The second-order valence-electron chi connectivity index (χ2n) is 5.08. The van der Waals surface area contributed by atoms with Gasteiger partial charge in [-0.2, -0.15) is 0 Å². The van der Waals surface area contributed by atoms with Crippen LogP contribution in [0.5, 0.6) is 11.5 Å². The number of nitrogens with two attached hydrogens (primary N) is 1. The van der Waals surface area contributed by atoms with Crippen molar-refractivity contribution in [1.82, 2.24) is 0 Å². The first-order valence-electron chi connectivity index (χ1n) is 7.13. The summed E-state index contributed by atoms with van der Waals surface area (Å²) in [6.07, 6.45) is 0.797. The maximum Gasteiger partial charge on any atom is 0.161 e. The molecule has 0 spiro atoms. The average Bonchev–Trinajstić information content (AvgIpc) is 2.53. The van der Waals surface area contributed by atoms with E-state index in [9.17, 15) is 4.39 Å². The third-order valence-electron chi connectivity index (χ3n) is 3.70. The van der Waals surface area contributed by atoms with Crippen molar-refractivity contribution in [2.75, 3.05) is 19.8 Å². The molecule has 3 rings (SSSR count). The lowest BCUT2D eigenvalue weighted by atomic mass is 9.88. The van der Waals surface area contributed by atoms with Crippen LogP contribution in [0, 0.1) is 5.82 Å². The van der Waals surface area contributed by atoms with E-state index in [1.807, 2.05) is 30.3 Å². The molecule has 0 aliphatic carbocycles. The summed E-state index contributed by atoms with van der Waals surface area (Å²) in [6, 6.07) is 12.5. The number of hydrogen-bond donors (Lipinski definition) is 1. The Kier molecular flexibility index (Phi) is 4.06. The van der Waals surface area contributed by atoms with Gasteiger partial charge in [0.05, 0.1) is 0 Å². The summed E-state index contributed by atoms with van der Waals surface area (Å²) in [5.41, 5.74) is 7.90. The summed E-state index contributed by atoms with van der Waals surface area (Å²) >= 11 is 0. The second-order valence-corrected chi connectivity index (χ2v) is 5.08. The molecule has 4 heteroatoms. The van der Waals surface area contributed by atoms with E-state index in [1.165, 1.54) is 12.1 Å².